The molecule has 1 aromatic carbocycles. The highest BCUT2D eigenvalue weighted by Crippen LogP contribution is 2.27. The maximum Gasteiger partial charge on any atom is 0.260 e. The molecular weight excluding hydrogens is 322 g/mol. The van der Waals surface area contributed by atoms with Crippen LogP contribution in [0.2, 0.25) is 0 Å². The summed E-state index contributed by atoms with van der Waals surface area (Å²) < 4.78 is 6.43. The van der Waals surface area contributed by atoms with Crippen LogP contribution < -0.4 is 4.74 Å². The lowest BCUT2D eigenvalue weighted by Crippen LogP contribution is -2.47. The Kier molecular flexibility index (Phi) is 5.43. The van der Waals surface area contributed by atoms with Gasteiger partial charge in [-0.05, 0) is 59.8 Å². The molecular formula is C15H20BrNO3. The lowest BCUT2D eigenvalue weighted by atomic mass is 9.91. The molecule has 1 fully saturated rings. The summed E-state index contributed by atoms with van der Waals surface area (Å²) in [7, 11) is 0. The maximum absolute atomic E-state index is 12.2. The molecule has 1 aliphatic carbocycles. The zero-order valence-electron chi connectivity index (χ0n) is 11.6. The van der Waals surface area contributed by atoms with Crippen LogP contribution in [0.15, 0.2) is 22.7 Å². The molecule has 0 atom stereocenters. The van der Waals surface area contributed by atoms with E-state index in [1.165, 1.54) is 0 Å². The Morgan fingerprint density at radius 3 is 2.80 bits per heavy atom. The summed E-state index contributed by atoms with van der Waals surface area (Å²) in [6.07, 6.45) is 3.21. The third kappa shape index (κ3) is 3.73. The molecule has 20 heavy (non-hydrogen) atoms. The van der Waals surface area contributed by atoms with E-state index >= 15 is 0 Å². The van der Waals surface area contributed by atoms with E-state index in [4.69, 9.17) is 9.84 Å². The van der Waals surface area contributed by atoms with Gasteiger partial charge in [-0.2, -0.15) is 0 Å². The number of benzene rings is 1. The van der Waals surface area contributed by atoms with Crippen molar-refractivity contribution < 1.29 is 14.6 Å². The molecule has 0 spiro atoms. The van der Waals surface area contributed by atoms with E-state index in [1.807, 2.05) is 25.1 Å². The highest BCUT2D eigenvalue weighted by molar-refractivity contribution is 9.10. The van der Waals surface area contributed by atoms with E-state index in [0.717, 1.165) is 29.3 Å². The number of hydrogen-bond acceptors (Lipinski definition) is 3. The van der Waals surface area contributed by atoms with Crippen LogP contribution in [0.5, 0.6) is 5.75 Å². The molecule has 2 rings (SSSR count). The number of nitrogens with zero attached hydrogens (tertiary/aromatic N) is 1. The fourth-order valence-corrected chi connectivity index (χ4v) is 2.87. The number of ether oxygens (including phenoxy) is 1. The summed E-state index contributed by atoms with van der Waals surface area (Å²) in [5.41, 5.74) is 1.13. The summed E-state index contributed by atoms with van der Waals surface area (Å²) in [5.74, 6) is 0.609. The lowest BCUT2D eigenvalue weighted by Gasteiger charge is -2.37. The minimum atomic E-state index is -0.0591. The zero-order valence-corrected chi connectivity index (χ0v) is 13.2. The van der Waals surface area contributed by atoms with Crippen molar-refractivity contribution in [1.82, 2.24) is 4.90 Å². The number of carbonyl (C=O) groups is 1. The number of amides is 1. The second-order valence-corrected chi connectivity index (χ2v) is 5.97. The van der Waals surface area contributed by atoms with E-state index in [1.54, 1.807) is 4.90 Å². The monoisotopic (exact) mass is 341 g/mol. The van der Waals surface area contributed by atoms with Gasteiger partial charge in [0.25, 0.3) is 5.91 Å². The highest BCUT2D eigenvalue weighted by atomic mass is 79.9. The fraction of sp³-hybridized carbons (Fsp3) is 0.533. The van der Waals surface area contributed by atoms with Crippen molar-refractivity contribution >= 4 is 21.8 Å². The quantitative estimate of drug-likeness (QED) is 0.864. The zero-order chi connectivity index (χ0) is 14.5. The van der Waals surface area contributed by atoms with Gasteiger partial charge in [0.15, 0.2) is 6.61 Å². The SMILES string of the molecule is Cc1ccc(OCC(=O)N(CCO)C2CCC2)c(Br)c1. The summed E-state index contributed by atoms with van der Waals surface area (Å²) in [4.78, 5) is 13.9. The van der Waals surface area contributed by atoms with Gasteiger partial charge in [0, 0.05) is 12.6 Å². The van der Waals surface area contributed by atoms with Crippen molar-refractivity contribution in [2.75, 3.05) is 19.8 Å². The minimum Gasteiger partial charge on any atom is -0.483 e. The molecule has 1 saturated carbocycles. The first kappa shape index (κ1) is 15.3. The Hall–Kier alpha value is -1.07. The molecule has 110 valence electrons. The van der Waals surface area contributed by atoms with E-state index in [0.29, 0.717) is 12.3 Å². The molecule has 1 aromatic rings. The molecule has 0 unspecified atom stereocenters. The van der Waals surface area contributed by atoms with Crippen LogP contribution in [0.4, 0.5) is 0 Å². The molecule has 0 aliphatic heterocycles. The number of rotatable bonds is 6. The van der Waals surface area contributed by atoms with E-state index in [9.17, 15) is 4.79 Å². The van der Waals surface area contributed by atoms with Gasteiger partial charge in [-0.25, -0.2) is 0 Å². The Bertz CT molecular complexity index is 474. The number of aliphatic hydroxyl groups is 1. The molecule has 0 bridgehead atoms. The lowest BCUT2D eigenvalue weighted by molar-refractivity contribution is -0.138. The first-order valence-electron chi connectivity index (χ1n) is 6.91. The fourth-order valence-electron chi connectivity index (χ4n) is 2.26. The van der Waals surface area contributed by atoms with Gasteiger partial charge < -0.3 is 14.7 Å². The standard InChI is InChI=1S/C15H20BrNO3/c1-11-5-6-14(13(16)9-11)20-10-15(19)17(7-8-18)12-3-2-4-12/h5-6,9,12,18H,2-4,7-8,10H2,1H3. The third-order valence-electron chi connectivity index (χ3n) is 3.62. The van der Waals surface area contributed by atoms with Crippen molar-refractivity contribution in [2.24, 2.45) is 0 Å². The van der Waals surface area contributed by atoms with E-state index in [-0.39, 0.29) is 25.2 Å². The summed E-state index contributed by atoms with van der Waals surface area (Å²) in [6, 6.07) is 6.03. The topological polar surface area (TPSA) is 49.8 Å². The van der Waals surface area contributed by atoms with Crippen molar-refractivity contribution in [3.05, 3.63) is 28.2 Å². The molecule has 0 radical (unpaired) electrons. The van der Waals surface area contributed by atoms with Crippen LogP contribution in [0, 0.1) is 6.92 Å². The van der Waals surface area contributed by atoms with Crippen molar-refractivity contribution in [3.63, 3.8) is 0 Å². The van der Waals surface area contributed by atoms with E-state index in [2.05, 4.69) is 15.9 Å². The average molecular weight is 342 g/mol. The van der Waals surface area contributed by atoms with Gasteiger partial charge in [-0.3, -0.25) is 4.79 Å². The molecule has 0 heterocycles. The number of carbonyl (C=O) groups excluding carboxylic acids is 1. The van der Waals surface area contributed by atoms with Crippen molar-refractivity contribution in [1.29, 1.82) is 0 Å². The van der Waals surface area contributed by atoms with Gasteiger partial charge in [0.2, 0.25) is 0 Å². The second kappa shape index (κ2) is 7.09. The van der Waals surface area contributed by atoms with Gasteiger partial charge in [0.1, 0.15) is 5.75 Å². The molecule has 5 heteroatoms. The van der Waals surface area contributed by atoms with Crippen LogP contribution in [-0.4, -0.2) is 41.7 Å². The van der Waals surface area contributed by atoms with Crippen LogP contribution >= 0.6 is 15.9 Å². The number of halogens is 1. The predicted molar refractivity (Wildman–Crippen MR) is 80.8 cm³/mol. The number of hydrogen-bond donors (Lipinski definition) is 1. The van der Waals surface area contributed by atoms with Gasteiger partial charge >= 0.3 is 0 Å². The maximum atomic E-state index is 12.2. The smallest absolute Gasteiger partial charge is 0.260 e. The Labute approximate surface area is 127 Å². The molecule has 0 aromatic heterocycles. The molecule has 1 amide bonds. The van der Waals surface area contributed by atoms with Gasteiger partial charge in [0.05, 0.1) is 11.1 Å². The second-order valence-electron chi connectivity index (χ2n) is 5.12. The largest absolute Gasteiger partial charge is 0.483 e. The van der Waals surface area contributed by atoms with Crippen LogP contribution in [0.3, 0.4) is 0 Å². The summed E-state index contributed by atoms with van der Waals surface area (Å²) in [6.45, 7) is 2.40. The van der Waals surface area contributed by atoms with Crippen molar-refractivity contribution in [3.8, 4) is 5.75 Å². The number of aliphatic hydroxyl groups excluding tert-OH is 1. The highest BCUT2D eigenvalue weighted by Gasteiger charge is 2.28. The molecule has 0 saturated heterocycles. The van der Waals surface area contributed by atoms with E-state index < -0.39 is 0 Å². The van der Waals surface area contributed by atoms with Gasteiger partial charge in [-0.15, -0.1) is 0 Å². The third-order valence-corrected chi connectivity index (χ3v) is 4.23. The Balaban J connectivity index is 1.92. The molecule has 1 aliphatic rings. The minimum absolute atomic E-state index is 0.00351. The molecule has 1 N–H and O–H groups in total. The first-order chi connectivity index (χ1) is 9.61. The normalized spacial score (nSPS) is 14.8. The first-order valence-corrected chi connectivity index (χ1v) is 7.70. The predicted octanol–water partition coefficient (Wildman–Crippen LogP) is 2.51. The summed E-state index contributed by atoms with van der Waals surface area (Å²) in [5, 5.41) is 9.07. The Morgan fingerprint density at radius 1 is 1.50 bits per heavy atom. The van der Waals surface area contributed by atoms with Gasteiger partial charge in [-0.1, -0.05) is 6.07 Å². The average Bonchev–Trinajstić information content (AvgIpc) is 2.34. The van der Waals surface area contributed by atoms with Crippen molar-refractivity contribution in [2.45, 2.75) is 32.2 Å². The van der Waals surface area contributed by atoms with Crippen LogP contribution in [0.25, 0.3) is 0 Å². The Morgan fingerprint density at radius 2 is 2.25 bits per heavy atom. The molecule has 4 nitrogen and oxygen atoms in total. The number of aryl methyl sites for hydroxylation is 1. The summed E-state index contributed by atoms with van der Waals surface area (Å²) >= 11 is 3.43. The van der Waals surface area contributed by atoms with Crippen LogP contribution in [0.1, 0.15) is 24.8 Å². The van der Waals surface area contributed by atoms with Crippen LogP contribution in [-0.2, 0) is 4.79 Å².